The summed E-state index contributed by atoms with van der Waals surface area (Å²) >= 11 is 0. The molecule has 1 aliphatic heterocycles. The molecule has 1 N–H and O–H groups in total. The maximum Gasteiger partial charge on any atom is 0.222 e. The Balaban J connectivity index is 0.00000220. The highest BCUT2D eigenvalue weighted by molar-refractivity contribution is 5.85. The number of benzene rings is 1. The zero-order chi connectivity index (χ0) is 14.5. The number of amides is 1. The van der Waals surface area contributed by atoms with Crippen molar-refractivity contribution >= 4 is 18.3 Å². The van der Waals surface area contributed by atoms with E-state index in [4.69, 9.17) is 0 Å². The van der Waals surface area contributed by atoms with E-state index in [1.807, 2.05) is 14.0 Å². The smallest absolute Gasteiger partial charge is 0.222 e. The number of halogens is 2. The van der Waals surface area contributed by atoms with E-state index in [-0.39, 0.29) is 30.2 Å². The van der Waals surface area contributed by atoms with Crippen molar-refractivity contribution in [3.05, 3.63) is 35.6 Å². The third kappa shape index (κ3) is 4.97. The molecule has 1 aromatic rings. The Morgan fingerprint density at radius 2 is 2.10 bits per heavy atom. The molecule has 1 heterocycles. The number of hydrogen-bond acceptors (Lipinski definition) is 2. The van der Waals surface area contributed by atoms with Gasteiger partial charge in [-0.15, -0.1) is 12.4 Å². The van der Waals surface area contributed by atoms with Gasteiger partial charge < -0.3 is 10.2 Å². The first kappa shape index (κ1) is 17.9. The predicted octanol–water partition coefficient (Wildman–Crippen LogP) is 3.30. The van der Waals surface area contributed by atoms with Gasteiger partial charge in [0.2, 0.25) is 5.91 Å². The molecule has 0 spiro atoms. The fourth-order valence-electron chi connectivity index (χ4n) is 2.66. The van der Waals surface area contributed by atoms with E-state index < -0.39 is 0 Å². The largest absolute Gasteiger partial charge is 0.339 e. The van der Waals surface area contributed by atoms with Gasteiger partial charge in [-0.3, -0.25) is 4.79 Å². The summed E-state index contributed by atoms with van der Waals surface area (Å²) in [4.78, 5) is 14.0. The number of rotatable bonds is 5. The van der Waals surface area contributed by atoms with Crippen LogP contribution in [0.4, 0.5) is 4.39 Å². The van der Waals surface area contributed by atoms with Crippen LogP contribution >= 0.6 is 12.4 Å². The minimum atomic E-state index is -0.248. The van der Waals surface area contributed by atoms with Crippen LogP contribution < -0.4 is 5.32 Å². The van der Waals surface area contributed by atoms with Crippen molar-refractivity contribution in [3.63, 3.8) is 0 Å². The molecule has 2 unspecified atom stereocenters. The summed E-state index contributed by atoms with van der Waals surface area (Å²) in [7, 11) is 1.82. The lowest BCUT2D eigenvalue weighted by atomic mass is 10.1. The van der Waals surface area contributed by atoms with Crippen LogP contribution in [0.25, 0.3) is 0 Å². The van der Waals surface area contributed by atoms with Gasteiger partial charge in [-0.05, 0) is 50.4 Å². The van der Waals surface area contributed by atoms with E-state index in [9.17, 15) is 9.18 Å². The van der Waals surface area contributed by atoms with Crippen LogP contribution in [-0.2, 0) is 4.79 Å². The second-order valence-corrected chi connectivity index (χ2v) is 5.56. The lowest BCUT2D eigenvalue weighted by Gasteiger charge is -2.26. The third-order valence-electron chi connectivity index (χ3n) is 4.20. The van der Waals surface area contributed by atoms with E-state index in [0.717, 1.165) is 18.5 Å². The van der Waals surface area contributed by atoms with Gasteiger partial charge in [0.15, 0.2) is 0 Å². The monoisotopic (exact) mass is 314 g/mol. The molecule has 1 saturated heterocycles. The highest BCUT2D eigenvalue weighted by atomic mass is 35.5. The molecule has 1 aromatic carbocycles. The first-order valence-electron chi connectivity index (χ1n) is 7.32. The Kier molecular flexibility index (Phi) is 7.12. The summed E-state index contributed by atoms with van der Waals surface area (Å²) < 4.78 is 12.9. The van der Waals surface area contributed by atoms with Crippen molar-refractivity contribution in [2.24, 2.45) is 0 Å². The average Bonchev–Trinajstić information content (AvgIpc) is 2.97. The first-order valence-corrected chi connectivity index (χ1v) is 7.32. The molecular weight excluding hydrogens is 291 g/mol. The molecule has 2 rings (SSSR count). The normalized spacial score (nSPS) is 18.9. The summed E-state index contributed by atoms with van der Waals surface area (Å²) in [6.07, 6.45) is 3.85. The van der Waals surface area contributed by atoms with Gasteiger partial charge >= 0.3 is 0 Å². The fourth-order valence-corrected chi connectivity index (χ4v) is 2.66. The molecule has 1 fully saturated rings. The van der Waals surface area contributed by atoms with E-state index in [1.165, 1.54) is 25.0 Å². The van der Waals surface area contributed by atoms with Crippen LogP contribution in [0.1, 0.15) is 44.2 Å². The standard InChI is InChI=1S/C16H23FN2O.ClH/c1-12(13-5-7-14(17)8-6-13)19(2)16(20)10-9-15-4-3-11-18-15;/h5-8,12,15,18H,3-4,9-11H2,1-2H3;1H. The van der Waals surface area contributed by atoms with E-state index in [1.54, 1.807) is 17.0 Å². The average molecular weight is 315 g/mol. The Morgan fingerprint density at radius 3 is 2.67 bits per heavy atom. The van der Waals surface area contributed by atoms with Crippen LogP contribution in [0.3, 0.4) is 0 Å². The lowest BCUT2D eigenvalue weighted by molar-refractivity contribution is -0.132. The third-order valence-corrected chi connectivity index (χ3v) is 4.20. The maximum atomic E-state index is 12.9. The zero-order valence-electron chi connectivity index (χ0n) is 12.6. The van der Waals surface area contributed by atoms with Crippen molar-refractivity contribution < 1.29 is 9.18 Å². The van der Waals surface area contributed by atoms with E-state index in [2.05, 4.69) is 5.32 Å². The first-order chi connectivity index (χ1) is 9.58. The molecular formula is C16H24ClFN2O. The predicted molar refractivity (Wildman–Crippen MR) is 85.1 cm³/mol. The molecule has 1 amide bonds. The quantitative estimate of drug-likeness (QED) is 0.904. The van der Waals surface area contributed by atoms with Gasteiger partial charge in [0.05, 0.1) is 6.04 Å². The Morgan fingerprint density at radius 1 is 1.43 bits per heavy atom. The van der Waals surface area contributed by atoms with Gasteiger partial charge in [-0.25, -0.2) is 4.39 Å². The molecule has 0 radical (unpaired) electrons. The van der Waals surface area contributed by atoms with Gasteiger partial charge in [-0.1, -0.05) is 12.1 Å². The fraction of sp³-hybridized carbons (Fsp3) is 0.562. The van der Waals surface area contributed by atoms with E-state index in [0.29, 0.717) is 12.5 Å². The van der Waals surface area contributed by atoms with Crippen molar-refractivity contribution in [2.45, 2.75) is 44.7 Å². The highest BCUT2D eigenvalue weighted by Crippen LogP contribution is 2.20. The minimum absolute atomic E-state index is 0. The summed E-state index contributed by atoms with van der Waals surface area (Å²) in [5.74, 6) is -0.0993. The molecule has 0 aliphatic carbocycles. The summed E-state index contributed by atoms with van der Waals surface area (Å²) in [6.45, 7) is 3.04. The highest BCUT2D eigenvalue weighted by Gasteiger charge is 2.20. The molecule has 0 aromatic heterocycles. The van der Waals surface area contributed by atoms with Crippen molar-refractivity contribution in [1.29, 1.82) is 0 Å². The van der Waals surface area contributed by atoms with Crippen LogP contribution in [0.5, 0.6) is 0 Å². The van der Waals surface area contributed by atoms with Gasteiger partial charge in [0.1, 0.15) is 5.82 Å². The summed E-state index contributed by atoms with van der Waals surface area (Å²) in [5, 5.41) is 3.41. The second-order valence-electron chi connectivity index (χ2n) is 5.56. The van der Waals surface area contributed by atoms with Crippen molar-refractivity contribution in [1.82, 2.24) is 10.2 Å². The van der Waals surface area contributed by atoms with Crippen LogP contribution in [0, 0.1) is 5.82 Å². The number of nitrogens with zero attached hydrogens (tertiary/aromatic N) is 1. The van der Waals surface area contributed by atoms with Crippen molar-refractivity contribution in [3.8, 4) is 0 Å². The molecule has 1 aliphatic rings. The maximum absolute atomic E-state index is 12.9. The Hall–Kier alpha value is -1.13. The molecule has 0 bridgehead atoms. The van der Waals surface area contributed by atoms with Gasteiger partial charge in [0.25, 0.3) is 0 Å². The number of hydrogen-bond donors (Lipinski definition) is 1. The number of carbonyl (C=O) groups is 1. The van der Waals surface area contributed by atoms with Crippen LogP contribution in [-0.4, -0.2) is 30.4 Å². The Labute approximate surface area is 132 Å². The summed E-state index contributed by atoms with van der Waals surface area (Å²) in [6, 6.07) is 6.82. The number of carbonyl (C=O) groups excluding carboxylic acids is 1. The van der Waals surface area contributed by atoms with Crippen LogP contribution in [0.15, 0.2) is 24.3 Å². The SMILES string of the molecule is CC(c1ccc(F)cc1)N(C)C(=O)CCC1CCCN1.Cl. The molecule has 118 valence electrons. The van der Waals surface area contributed by atoms with E-state index >= 15 is 0 Å². The molecule has 5 heteroatoms. The van der Waals surface area contributed by atoms with Crippen LogP contribution in [0.2, 0.25) is 0 Å². The minimum Gasteiger partial charge on any atom is -0.339 e. The molecule has 3 nitrogen and oxygen atoms in total. The second kappa shape index (κ2) is 8.35. The Bertz CT molecular complexity index is 446. The molecule has 0 saturated carbocycles. The van der Waals surface area contributed by atoms with Crippen molar-refractivity contribution in [2.75, 3.05) is 13.6 Å². The van der Waals surface area contributed by atoms with Gasteiger partial charge in [0, 0.05) is 19.5 Å². The summed E-state index contributed by atoms with van der Waals surface area (Å²) in [5.41, 5.74) is 0.959. The zero-order valence-corrected chi connectivity index (χ0v) is 13.5. The topological polar surface area (TPSA) is 32.3 Å². The molecule has 21 heavy (non-hydrogen) atoms. The molecule has 2 atom stereocenters. The van der Waals surface area contributed by atoms with Gasteiger partial charge in [-0.2, -0.15) is 0 Å². The number of nitrogens with one attached hydrogen (secondary N) is 1. The lowest BCUT2D eigenvalue weighted by Crippen LogP contribution is -2.31.